The second-order valence-corrected chi connectivity index (χ2v) is 1.29. The molecule has 0 aromatic rings. The summed E-state index contributed by atoms with van der Waals surface area (Å²) in [6.07, 6.45) is -0.593. The van der Waals surface area contributed by atoms with E-state index >= 15 is 0 Å². The number of carboxylic acids is 2. The minimum atomic E-state index is -1.08. The van der Waals surface area contributed by atoms with Gasteiger partial charge in [-0.1, -0.05) is 0 Å². The Labute approximate surface area is 92.8 Å². The minimum absolute atomic E-state index is 0.194. The molecule has 0 saturated carbocycles. The molecule has 0 aromatic carbocycles. The molecule has 2 N–H and O–H groups in total. The van der Waals surface area contributed by atoms with E-state index in [9.17, 15) is 9.59 Å². The molecular formula is C4H6O6Ta2. The van der Waals surface area contributed by atoms with Gasteiger partial charge in [-0.15, -0.1) is 0 Å². The maximum atomic E-state index is 9.64. The third-order valence-corrected chi connectivity index (χ3v) is 0.553. The summed E-state index contributed by atoms with van der Waals surface area (Å²) >= 11 is 0.389. The molecule has 68 valence electrons. The van der Waals surface area contributed by atoms with E-state index < -0.39 is 11.9 Å². The summed E-state index contributed by atoms with van der Waals surface area (Å²) in [7, 11) is 0. The number of carboxylic acid groups (broad SMARTS) is 2. The van der Waals surface area contributed by atoms with Crippen molar-refractivity contribution in [1.82, 2.24) is 0 Å². The van der Waals surface area contributed by atoms with E-state index in [2.05, 4.69) is 0 Å². The van der Waals surface area contributed by atoms with Crippen LogP contribution in [-0.4, -0.2) is 22.2 Å². The molecule has 0 aliphatic rings. The molecule has 0 amide bonds. The molecule has 0 fully saturated rings. The predicted octanol–water partition coefficient (Wildman–Crippen LogP) is -0.307. The van der Waals surface area contributed by atoms with Crippen LogP contribution in [0.25, 0.3) is 0 Å². The topological polar surface area (TPSA) is 109 Å². The van der Waals surface area contributed by atoms with Crippen molar-refractivity contribution in [3.63, 3.8) is 0 Å². The Morgan fingerprint density at radius 3 is 1.08 bits per heavy atom. The first kappa shape index (κ1) is 17.9. The molecule has 0 spiro atoms. The van der Waals surface area contributed by atoms with E-state index in [0.29, 0.717) is 0 Å². The third-order valence-electron chi connectivity index (χ3n) is 0.553. The first-order valence-corrected chi connectivity index (χ1v) is 5.05. The van der Waals surface area contributed by atoms with Crippen LogP contribution in [0.3, 0.4) is 0 Å². The molecule has 6 nitrogen and oxygen atoms in total. The molecule has 0 unspecified atom stereocenters. The Morgan fingerprint density at radius 1 is 0.833 bits per heavy atom. The monoisotopic (exact) mass is 512 g/mol. The van der Waals surface area contributed by atoms with Crippen LogP contribution in [0.5, 0.6) is 0 Å². The van der Waals surface area contributed by atoms with Crippen LogP contribution in [0.2, 0.25) is 0 Å². The number of hydrogen-bond acceptors (Lipinski definition) is 4. The summed E-state index contributed by atoms with van der Waals surface area (Å²) in [6, 6.07) is 0. The molecule has 0 rings (SSSR count). The van der Waals surface area contributed by atoms with Gasteiger partial charge in [-0.05, 0) is 0 Å². The van der Waals surface area contributed by atoms with Crippen molar-refractivity contribution >= 4 is 11.9 Å². The Kier molecular flexibility index (Phi) is 25.7. The molecule has 0 aliphatic heterocycles. The zero-order valence-electron chi connectivity index (χ0n) is 5.84. The first-order valence-electron chi connectivity index (χ1n) is 2.43. The van der Waals surface area contributed by atoms with Crippen molar-refractivity contribution in [3.8, 4) is 0 Å². The fourth-order valence-electron chi connectivity index (χ4n) is 0.214. The number of rotatable bonds is 3. The zero-order valence-corrected chi connectivity index (χ0v) is 12.3. The summed E-state index contributed by atoms with van der Waals surface area (Å²) in [5, 5.41) is 15.8. The molecule has 0 radical (unpaired) electrons. The average Bonchev–Trinajstić information content (AvgIpc) is 2.08. The van der Waals surface area contributed by atoms with Crippen molar-refractivity contribution in [2.75, 3.05) is 0 Å². The van der Waals surface area contributed by atoms with Gasteiger partial charge in [0.05, 0.1) is 12.8 Å². The Bertz CT molecular complexity index is 122. The van der Waals surface area contributed by atoms with Crippen molar-refractivity contribution in [2.45, 2.75) is 12.8 Å². The predicted molar refractivity (Wildman–Crippen MR) is 25.9 cm³/mol. The number of aliphatic carboxylic acids is 2. The summed E-state index contributed by atoms with van der Waals surface area (Å²) < 4.78 is 16.7. The maximum absolute atomic E-state index is 9.64. The van der Waals surface area contributed by atoms with E-state index in [0.717, 1.165) is 0 Å². The Hall–Kier alpha value is 0.0205. The molecule has 0 atom stereocenters. The van der Waals surface area contributed by atoms with Crippen molar-refractivity contribution in [3.05, 3.63) is 0 Å². The molecule has 0 bridgehead atoms. The fourth-order valence-corrected chi connectivity index (χ4v) is 0.214. The van der Waals surface area contributed by atoms with Gasteiger partial charge in [-0.2, -0.15) is 0 Å². The standard InChI is InChI=1S/C4H6O4.2O.2Ta/c5-3(6)1-2-4(7)8;;;;/h1-2H2,(H,5,6)(H,7,8);;;;. The number of carbonyl (C=O) groups is 2. The zero-order chi connectivity index (χ0) is 10.6. The van der Waals surface area contributed by atoms with E-state index in [-0.39, 0.29) is 54.9 Å². The molecular weight excluding hydrogens is 506 g/mol. The normalized spacial score (nSPS) is 6.17. The van der Waals surface area contributed by atoms with Gasteiger partial charge in [0.2, 0.25) is 0 Å². The molecule has 8 heteroatoms. The van der Waals surface area contributed by atoms with Crippen LogP contribution in [-0.2, 0) is 58.2 Å². The van der Waals surface area contributed by atoms with Crippen LogP contribution < -0.4 is 0 Å². The van der Waals surface area contributed by atoms with E-state index in [1.54, 1.807) is 0 Å². The summed E-state index contributed by atoms with van der Waals surface area (Å²) in [6.45, 7) is 0. The molecule has 0 aromatic heterocycles. The SMILES string of the molecule is O=C(O)CCC(=O)O.[O]=[Ta].[O]=[Ta]. The third kappa shape index (κ3) is 32.3. The van der Waals surface area contributed by atoms with Gasteiger partial charge in [0, 0.05) is 0 Å². The van der Waals surface area contributed by atoms with Gasteiger partial charge < -0.3 is 10.2 Å². The molecule has 0 saturated heterocycles. The summed E-state index contributed by atoms with van der Waals surface area (Å²) in [5.41, 5.74) is 0. The quantitative estimate of drug-likeness (QED) is 0.538. The van der Waals surface area contributed by atoms with Gasteiger partial charge in [-0.25, -0.2) is 0 Å². The Morgan fingerprint density at radius 2 is 1.00 bits per heavy atom. The fraction of sp³-hybridized carbons (Fsp3) is 0.500. The van der Waals surface area contributed by atoms with Crippen LogP contribution >= 0.6 is 0 Å². The average molecular weight is 512 g/mol. The van der Waals surface area contributed by atoms with Crippen LogP contribution in [0, 0.1) is 0 Å². The van der Waals surface area contributed by atoms with E-state index in [1.165, 1.54) is 0 Å². The summed E-state index contributed by atoms with van der Waals surface area (Å²) in [4.78, 5) is 19.3. The van der Waals surface area contributed by atoms with Gasteiger partial charge in [-0.3, -0.25) is 9.59 Å². The van der Waals surface area contributed by atoms with Crippen molar-refractivity contribution < 1.29 is 68.4 Å². The number of hydrogen-bond donors (Lipinski definition) is 2. The Balaban J connectivity index is -0.000000175. The molecule has 12 heavy (non-hydrogen) atoms. The van der Waals surface area contributed by atoms with Gasteiger partial charge >= 0.3 is 60.5 Å². The second kappa shape index (κ2) is 17.2. The van der Waals surface area contributed by atoms with Crippen LogP contribution in [0.4, 0.5) is 0 Å². The van der Waals surface area contributed by atoms with E-state index in [1.807, 2.05) is 0 Å². The molecule has 0 aliphatic carbocycles. The van der Waals surface area contributed by atoms with Gasteiger partial charge in [0.25, 0.3) is 0 Å². The van der Waals surface area contributed by atoms with Crippen molar-refractivity contribution in [1.29, 1.82) is 0 Å². The van der Waals surface area contributed by atoms with Crippen LogP contribution in [0.1, 0.15) is 12.8 Å². The van der Waals surface area contributed by atoms with E-state index in [4.69, 9.17) is 16.7 Å². The van der Waals surface area contributed by atoms with Gasteiger partial charge in [0.1, 0.15) is 0 Å². The van der Waals surface area contributed by atoms with Crippen LogP contribution in [0.15, 0.2) is 0 Å². The summed E-state index contributed by atoms with van der Waals surface area (Å²) in [5.74, 6) is -2.15. The van der Waals surface area contributed by atoms with Gasteiger partial charge in [0.15, 0.2) is 0 Å². The second-order valence-electron chi connectivity index (χ2n) is 1.29. The van der Waals surface area contributed by atoms with Crippen molar-refractivity contribution in [2.24, 2.45) is 0 Å². The molecule has 0 heterocycles. The first-order chi connectivity index (χ1) is 5.63.